The third-order valence-corrected chi connectivity index (χ3v) is 4.52. The Bertz CT molecular complexity index is 701. The molecule has 0 N–H and O–H groups in total. The summed E-state index contributed by atoms with van der Waals surface area (Å²) < 4.78 is 22.5. The summed E-state index contributed by atoms with van der Waals surface area (Å²) in [4.78, 5) is 6.59. The van der Waals surface area contributed by atoms with Crippen LogP contribution in [0.5, 0.6) is 0 Å². The molecule has 0 unspecified atom stereocenters. The lowest BCUT2D eigenvalue weighted by Gasteiger charge is -2.40. The zero-order valence-electron chi connectivity index (χ0n) is 10.8. The van der Waals surface area contributed by atoms with Gasteiger partial charge in [-0.15, -0.1) is 0 Å². The highest BCUT2D eigenvalue weighted by Gasteiger charge is 2.31. The van der Waals surface area contributed by atoms with E-state index in [0.717, 1.165) is 24.3 Å². The van der Waals surface area contributed by atoms with Crippen molar-refractivity contribution in [3.8, 4) is 0 Å². The van der Waals surface area contributed by atoms with Crippen LogP contribution in [-0.2, 0) is 9.84 Å². The molecule has 1 aliphatic rings. The van der Waals surface area contributed by atoms with E-state index < -0.39 is 9.84 Å². The highest BCUT2D eigenvalue weighted by atomic mass is 32.2. The topological polar surface area (TPSA) is 50.3 Å². The van der Waals surface area contributed by atoms with Crippen LogP contribution in [0.4, 0.5) is 5.82 Å². The van der Waals surface area contributed by atoms with Crippen LogP contribution >= 0.6 is 0 Å². The summed E-state index contributed by atoms with van der Waals surface area (Å²) in [7, 11) is -2.88. The summed E-state index contributed by atoms with van der Waals surface area (Å²) >= 11 is 0. The molecule has 1 saturated heterocycles. The number of aromatic nitrogens is 1. The first-order chi connectivity index (χ1) is 9.03. The molecule has 1 aromatic heterocycles. The minimum atomic E-state index is -2.88. The summed E-state index contributed by atoms with van der Waals surface area (Å²) in [6.45, 7) is 1.54. The van der Waals surface area contributed by atoms with E-state index in [1.165, 1.54) is 11.6 Å². The van der Waals surface area contributed by atoms with Crippen molar-refractivity contribution in [1.82, 2.24) is 4.98 Å². The van der Waals surface area contributed by atoms with Crippen molar-refractivity contribution in [2.75, 3.05) is 30.0 Å². The number of sulfone groups is 1. The van der Waals surface area contributed by atoms with Crippen LogP contribution in [0.3, 0.4) is 0 Å². The smallest absolute Gasteiger partial charge is 0.147 e. The fourth-order valence-electron chi connectivity index (χ4n) is 2.63. The quantitative estimate of drug-likeness (QED) is 0.856. The van der Waals surface area contributed by atoms with Crippen molar-refractivity contribution in [2.45, 2.75) is 0 Å². The van der Waals surface area contributed by atoms with Crippen molar-refractivity contribution >= 4 is 26.4 Å². The third kappa shape index (κ3) is 2.56. The highest BCUT2D eigenvalue weighted by Crippen LogP contribution is 2.29. The second-order valence-corrected chi connectivity index (χ2v) is 7.40. The molecule has 2 heterocycles. The Labute approximate surface area is 113 Å². The van der Waals surface area contributed by atoms with Gasteiger partial charge in [-0.25, -0.2) is 13.4 Å². The number of benzene rings is 1. The lowest BCUT2D eigenvalue weighted by atomic mass is 10.0. The molecule has 0 amide bonds. The Morgan fingerprint density at radius 2 is 2.00 bits per heavy atom. The molecule has 0 bridgehead atoms. The van der Waals surface area contributed by atoms with Gasteiger partial charge < -0.3 is 4.90 Å². The Hall–Kier alpha value is -1.62. The zero-order valence-corrected chi connectivity index (χ0v) is 11.6. The average molecular weight is 276 g/mol. The lowest BCUT2D eigenvalue weighted by molar-refractivity contribution is 0.442. The predicted octanol–water partition coefficient (Wildman–Crippen LogP) is 1.72. The number of hydrogen-bond acceptors (Lipinski definition) is 4. The fourth-order valence-corrected chi connectivity index (χ4v) is 3.70. The molecule has 4 nitrogen and oxygen atoms in total. The minimum Gasteiger partial charge on any atom is -0.355 e. The van der Waals surface area contributed by atoms with Crippen LogP contribution in [0.15, 0.2) is 36.5 Å². The van der Waals surface area contributed by atoms with E-state index >= 15 is 0 Å². The molecule has 1 aromatic carbocycles. The van der Waals surface area contributed by atoms with Crippen molar-refractivity contribution < 1.29 is 8.42 Å². The van der Waals surface area contributed by atoms with E-state index in [-0.39, 0.29) is 11.7 Å². The molecule has 100 valence electrons. The second-order valence-electron chi connectivity index (χ2n) is 5.22. The number of hydrogen-bond donors (Lipinski definition) is 0. The lowest BCUT2D eigenvalue weighted by Crippen LogP contribution is -2.50. The van der Waals surface area contributed by atoms with Crippen LogP contribution < -0.4 is 4.90 Å². The summed E-state index contributed by atoms with van der Waals surface area (Å²) in [5.74, 6) is 1.47. The Morgan fingerprint density at radius 3 is 2.74 bits per heavy atom. The molecule has 0 atom stereocenters. The van der Waals surface area contributed by atoms with Crippen LogP contribution in [0.2, 0.25) is 0 Å². The van der Waals surface area contributed by atoms with Gasteiger partial charge in [0.2, 0.25) is 0 Å². The van der Waals surface area contributed by atoms with Crippen LogP contribution in [0.25, 0.3) is 10.8 Å². The Kier molecular flexibility index (Phi) is 2.93. The summed E-state index contributed by atoms with van der Waals surface area (Å²) in [6, 6.07) is 10.1. The molecule has 5 heteroatoms. The van der Waals surface area contributed by atoms with E-state index in [0.29, 0.717) is 0 Å². The van der Waals surface area contributed by atoms with E-state index in [4.69, 9.17) is 0 Å². The van der Waals surface area contributed by atoms with Crippen LogP contribution in [0.1, 0.15) is 0 Å². The molecule has 19 heavy (non-hydrogen) atoms. The number of pyridine rings is 1. The SMILES string of the molecule is CS(=O)(=O)CC1CN(c2nccc3ccccc23)C1. The van der Waals surface area contributed by atoms with Crippen molar-refractivity contribution in [2.24, 2.45) is 5.92 Å². The van der Waals surface area contributed by atoms with Gasteiger partial charge in [-0.3, -0.25) is 0 Å². The number of anilines is 1. The first-order valence-corrected chi connectivity index (χ1v) is 8.35. The van der Waals surface area contributed by atoms with Gasteiger partial charge in [-0.1, -0.05) is 24.3 Å². The molecule has 0 radical (unpaired) electrons. The first kappa shape index (κ1) is 12.4. The third-order valence-electron chi connectivity index (χ3n) is 3.45. The van der Waals surface area contributed by atoms with Crippen molar-refractivity contribution in [3.63, 3.8) is 0 Å². The second kappa shape index (κ2) is 4.49. The molecule has 3 rings (SSSR count). The Balaban J connectivity index is 1.81. The molecular formula is C14H16N2O2S. The molecule has 1 fully saturated rings. The first-order valence-electron chi connectivity index (χ1n) is 6.29. The summed E-state index contributed by atoms with van der Waals surface area (Å²) in [6.07, 6.45) is 3.10. The van der Waals surface area contributed by atoms with Gasteiger partial charge in [-0.2, -0.15) is 0 Å². The van der Waals surface area contributed by atoms with Gasteiger partial charge in [0.15, 0.2) is 0 Å². The van der Waals surface area contributed by atoms with Gasteiger partial charge in [0.1, 0.15) is 15.7 Å². The zero-order chi connectivity index (χ0) is 13.5. The van der Waals surface area contributed by atoms with Gasteiger partial charge in [0.05, 0.1) is 5.75 Å². The maximum Gasteiger partial charge on any atom is 0.147 e. The van der Waals surface area contributed by atoms with E-state index in [2.05, 4.69) is 22.0 Å². The molecule has 0 aliphatic carbocycles. The molecule has 0 saturated carbocycles. The Morgan fingerprint density at radius 1 is 1.26 bits per heavy atom. The normalized spacial score (nSPS) is 16.6. The standard InChI is InChI=1S/C14H16N2O2S/c1-19(17,18)10-11-8-16(9-11)14-13-5-3-2-4-12(13)6-7-15-14/h2-7,11H,8-10H2,1H3. The van der Waals surface area contributed by atoms with Crippen molar-refractivity contribution in [1.29, 1.82) is 0 Å². The average Bonchev–Trinajstić information content (AvgIpc) is 2.32. The van der Waals surface area contributed by atoms with E-state index in [1.807, 2.05) is 24.4 Å². The van der Waals surface area contributed by atoms with Crippen molar-refractivity contribution in [3.05, 3.63) is 36.5 Å². The minimum absolute atomic E-state index is 0.232. The van der Waals surface area contributed by atoms with Crippen LogP contribution in [0, 0.1) is 5.92 Å². The molecule has 0 spiro atoms. The largest absolute Gasteiger partial charge is 0.355 e. The summed E-state index contributed by atoms with van der Waals surface area (Å²) in [5, 5.41) is 2.29. The van der Waals surface area contributed by atoms with Gasteiger partial charge in [0.25, 0.3) is 0 Å². The monoisotopic (exact) mass is 276 g/mol. The molecule has 1 aliphatic heterocycles. The number of fused-ring (bicyclic) bond motifs is 1. The molecule has 2 aromatic rings. The van der Waals surface area contributed by atoms with Gasteiger partial charge >= 0.3 is 0 Å². The maximum atomic E-state index is 11.3. The number of rotatable bonds is 3. The van der Waals surface area contributed by atoms with Gasteiger partial charge in [0, 0.05) is 36.8 Å². The maximum absolute atomic E-state index is 11.3. The van der Waals surface area contributed by atoms with Crippen LogP contribution in [-0.4, -0.2) is 38.5 Å². The fraction of sp³-hybridized carbons (Fsp3) is 0.357. The van der Waals surface area contributed by atoms with E-state index in [9.17, 15) is 8.42 Å². The van der Waals surface area contributed by atoms with E-state index in [1.54, 1.807) is 0 Å². The highest BCUT2D eigenvalue weighted by molar-refractivity contribution is 7.90. The molecular weight excluding hydrogens is 260 g/mol. The predicted molar refractivity (Wildman–Crippen MR) is 77.2 cm³/mol. The van der Waals surface area contributed by atoms with Gasteiger partial charge in [-0.05, 0) is 11.5 Å². The number of nitrogens with zero attached hydrogens (tertiary/aromatic N) is 2. The summed E-state index contributed by atoms with van der Waals surface area (Å²) in [5.41, 5.74) is 0.